The van der Waals surface area contributed by atoms with Crippen LogP contribution in [0.4, 0.5) is 0 Å². The SMILES string of the molecule is COC1(C)OC[C@]2(CC=C(I)C2=O)OC1(C)OC. The molecule has 6 heteroatoms. The summed E-state index contributed by atoms with van der Waals surface area (Å²) in [5, 5.41) is 0. The number of rotatable bonds is 2. The monoisotopic (exact) mass is 368 g/mol. The minimum Gasteiger partial charge on any atom is -0.349 e. The quantitative estimate of drug-likeness (QED) is 0.696. The van der Waals surface area contributed by atoms with Gasteiger partial charge in [0.15, 0.2) is 5.60 Å². The van der Waals surface area contributed by atoms with E-state index < -0.39 is 17.2 Å². The summed E-state index contributed by atoms with van der Waals surface area (Å²) in [5.41, 5.74) is -0.973. The van der Waals surface area contributed by atoms with Crippen molar-refractivity contribution in [2.75, 3.05) is 20.8 Å². The summed E-state index contributed by atoms with van der Waals surface area (Å²) in [6, 6.07) is 0. The summed E-state index contributed by atoms with van der Waals surface area (Å²) in [5.74, 6) is -2.23. The van der Waals surface area contributed by atoms with Crippen LogP contribution in [0.1, 0.15) is 20.3 Å². The molecule has 0 bridgehead atoms. The summed E-state index contributed by atoms with van der Waals surface area (Å²) in [7, 11) is 3.04. The molecule has 5 nitrogen and oxygen atoms in total. The zero-order valence-corrected chi connectivity index (χ0v) is 13.1. The third-order valence-electron chi connectivity index (χ3n) is 3.82. The maximum Gasteiger partial charge on any atom is 0.221 e. The molecule has 0 aromatic heterocycles. The Kier molecular flexibility index (Phi) is 3.61. The zero-order valence-electron chi connectivity index (χ0n) is 10.9. The van der Waals surface area contributed by atoms with Crippen LogP contribution in [0.3, 0.4) is 0 Å². The van der Waals surface area contributed by atoms with Crippen LogP contribution in [0.25, 0.3) is 0 Å². The van der Waals surface area contributed by atoms with E-state index in [-0.39, 0.29) is 12.4 Å². The van der Waals surface area contributed by atoms with E-state index in [9.17, 15) is 4.79 Å². The standard InChI is InChI=1S/C12H17IO5/c1-10(15-3)11(2,16-4)18-12(7-17-10)6-5-8(13)9(12)14/h5H,6-7H2,1-4H3/t10?,11?,12-/m0/s1. The molecule has 0 radical (unpaired) electrons. The maximum atomic E-state index is 12.2. The summed E-state index contributed by atoms with van der Waals surface area (Å²) >= 11 is 2.02. The molecule has 1 aliphatic carbocycles. The van der Waals surface area contributed by atoms with Gasteiger partial charge in [0, 0.05) is 20.6 Å². The number of Topliss-reactive ketones (excluding diaryl/α,β-unsaturated/α-hetero) is 1. The van der Waals surface area contributed by atoms with Gasteiger partial charge in [0.05, 0.1) is 10.2 Å². The van der Waals surface area contributed by atoms with Crippen LogP contribution in [-0.2, 0) is 23.7 Å². The van der Waals surface area contributed by atoms with Crippen LogP contribution in [0, 0.1) is 0 Å². The highest BCUT2D eigenvalue weighted by molar-refractivity contribution is 14.1. The fourth-order valence-electron chi connectivity index (χ4n) is 2.22. The van der Waals surface area contributed by atoms with Crippen molar-refractivity contribution in [2.45, 2.75) is 37.4 Å². The third kappa shape index (κ3) is 1.85. The number of hydrogen-bond donors (Lipinski definition) is 0. The number of carbonyl (C=O) groups excluding carboxylic acids is 1. The number of ether oxygens (including phenoxy) is 4. The van der Waals surface area contributed by atoms with E-state index in [1.165, 1.54) is 14.2 Å². The van der Waals surface area contributed by atoms with E-state index in [1.54, 1.807) is 13.8 Å². The molecule has 0 amide bonds. The summed E-state index contributed by atoms with van der Waals surface area (Å²) in [6.07, 6.45) is 2.36. The largest absolute Gasteiger partial charge is 0.349 e. The van der Waals surface area contributed by atoms with Gasteiger partial charge in [0.1, 0.15) is 0 Å². The molecule has 3 atom stereocenters. The molecule has 1 heterocycles. The Balaban J connectivity index is 2.31. The number of carbonyl (C=O) groups is 1. The fourth-order valence-corrected chi connectivity index (χ4v) is 2.93. The van der Waals surface area contributed by atoms with Crippen molar-refractivity contribution in [2.24, 2.45) is 0 Å². The number of ketones is 1. The molecule has 1 fully saturated rings. The van der Waals surface area contributed by atoms with Crippen molar-refractivity contribution >= 4 is 28.4 Å². The van der Waals surface area contributed by atoms with E-state index in [4.69, 9.17) is 18.9 Å². The van der Waals surface area contributed by atoms with Gasteiger partial charge in [-0.1, -0.05) is 6.08 Å². The van der Waals surface area contributed by atoms with Crippen molar-refractivity contribution in [3.8, 4) is 0 Å². The van der Waals surface area contributed by atoms with Crippen LogP contribution in [-0.4, -0.2) is 43.8 Å². The smallest absolute Gasteiger partial charge is 0.221 e. The summed E-state index contributed by atoms with van der Waals surface area (Å²) in [6.45, 7) is 3.62. The Bertz CT molecular complexity index is 409. The summed E-state index contributed by atoms with van der Waals surface area (Å²) in [4.78, 5) is 12.2. The second kappa shape index (κ2) is 4.52. The van der Waals surface area contributed by atoms with Crippen molar-refractivity contribution in [1.82, 2.24) is 0 Å². The molecule has 0 aromatic carbocycles. The van der Waals surface area contributed by atoms with E-state index in [0.717, 1.165) is 0 Å². The highest BCUT2D eigenvalue weighted by Crippen LogP contribution is 2.45. The molecule has 1 saturated heterocycles. The average molecular weight is 368 g/mol. The molecule has 1 spiro atoms. The molecule has 0 aromatic rings. The topological polar surface area (TPSA) is 54.0 Å². The predicted molar refractivity (Wildman–Crippen MR) is 72.3 cm³/mol. The predicted octanol–water partition coefficient (Wildman–Crippen LogP) is 1.79. The Hall–Kier alpha value is -0.0200. The first-order valence-electron chi connectivity index (χ1n) is 5.67. The van der Waals surface area contributed by atoms with Crippen molar-refractivity contribution in [1.29, 1.82) is 0 Å². The molecule has 102 valence electrons. The van der Waals surface area contributed by atoms with Gasteiger partial charge in [-0.3, -0.25) is 4.79 Å². The lowest BCUT2D eigenvalue weighted by molar-refractivity contribution is -0.442. The van der Waals surface area contributed by atoms with E-state index in [1.807, 2.05) is 28.7 Å². The molecule has 18 heavy (non-hydrogen) atoms. The molecule has 0 saturated carbocycles. The second-order valence-electron chi connectivity index (χ2n) is 4.77. The van der Waals surface area contributed by atoms with E-state index in [0.29, 0.717) is 10.0 Å². The molecule has 0 N–H and O–H groups in total. The molecule has 2 aliphatic rings. The molecular weight excluding hydrogens is 351 g/mol. The first kappa shape index (κ1) is 14.4. The van der Waals surface area contributed by atoms with Gasteiger partial charge >= 0.3 is 0 Å². The minimum absolute atomic E-state index is 0.0514. The van der Waals surface area contributed by atoms with Gasteiger partial charge in [-0.25, -0.2) is 0 Å². The fraction of sp³-hybridized carbons (Fsp3) is 0.750. The van der Waals surface area contributed by atoms with Crippen LogP contribution in [0.15, 0.2) is 9.66 Å². The molecule has 2 unspecified atom stereocenters. The van der Waals surface area contributed by atoms with E-state index in [2.05, 4.69) is 0 Å². The van der Waals surface area contributed by atoms with Crippen LogP contribution >= 0.6 is 22.6 Å². The highest BCUT2D eigenvalue weighted by Gasteiger charge is 2.61. The number of hydrogen-bond acceptors (Lipinski definition) is 5. The van der Waals surface area contributed by atoms with Crippen molar-refractivity contribution in [3.63, 3.8) is 0 Å². The Morgan fingerprint density at radius 2 is 1.89 bits per heavy atom. The first-order valence-corrected chi connectivity index (χ1v) is 6.75. The maximum absolute atomic E-state index is 12.2. The van der Waals surface area contributed by atoms with Gasteiger partial charge < -0.3 is 18.9 Å². The van der Waals surface area contributed by atoms with E-state index >= 15 is 0 Å². The molecule has 1 aliphatic heterocycles. The second-order valence-corrected chi connectivity index (χ2v) is 5.93. The van der Waals surface area contributed by atoms with Crippen molar-refractivity contribution in [3.05, 3.63) is 9.66 Å². The Morgan fingerprint density at radius 1 is 1.28 bits per heavy atom. The van der Waals surface area contributed by atoms with Gasteiger partial charge in [-0.05, 0) is 36.4 Å². The highest BCUT2D eigenvalue weighted by atomic mass is 127. The van der Waals surface area contributed by atoms with Gasteiger partial charge in [-0.2, -0.15) is 0 Å². The lowest BCUT2D eigenvalue weighted by Crippen LogP contribution is -2.67. The normalized spacial score (nSPS) is 44.5. The van der Waals surface area contributed by atoms with Crippen molar-refractivity contribution < 1.29 is 23.7 Å². The number of methoxy groups -OCH3 is 2. The first-order chi connectivity index (χ1) is 8.32. The van der Waals surface area contributed by atoms with Crippen LogP contribution < -0.4 is 0 Å². The average Bonchev–Trinajstić information content (AvgIpc) is 2.63. The van der Waals surface area contributed by atoms with Crippen LogP contribution in [0.5, 0.6) is 0 Å². The summed E-state index contributed by atoms with van der Waals surface area (Å²) < 4.78 is 23.2. The van der Waals surface area contributed by atoms with Gasteiger partial charge in [-0.15, -0.1) is 0 Å². The molecular formula is C12H17IO5. The number of halogens is 1. The molecule has 2 rings (SSSR count). The van der Waals surface area contributed by atoms with Gasteiger partial charge in [0.2, 0.25) is 17.4 Å². The Morgan fingerprint density at radius 3 is 2.33 bits per heavy atom. The van der Waals surface area contributed by atoms with Crippen LogP contribution in [0.2, 0.25) is 0 Å². The lowest BCUT2D eigenvalue weighted by Gasteiger charge is -2.52. The Labute approximate surface area is 120 Å². The third-order valence-corrected chi connectivity index (χ3v) is 4.75. The van der Waals surface area contributed by atoms with Gasteiger partial charge in [0.25, 0.3) is 0 Å². The minimum atomic E-state index is -1.13. The lowest BCUT2D eigenvalue weighted by atomic mass is 9.96. The zero-order chi connectivity index (χ0) is 13.6.